The number of rotatable bonds is 9. The zero-order valence-corrected chi connectivity index (χ0v) is 15.6. The number of hydrogen-bond acceptors (Lipinski definition) is 6. The molecular formula is C19H24N2O6. The van der Waals surface area contributed by atoms with Crippen molar-refractivity contribution in [2.24, 2.45) is 0 Å². The Labute approximate surface area is 157 Å². The summed E-state index contributed by atoms with van der Waals surface area (Å²) in [4.78, 5) is 46.9. The van der Waals surface area contributed by atoms with Gasteiger partial charge in [-0.1, -0.05) is 30.4 Å². The van der Waals surface area contributed by atoms with Gasteiger partial charge in [0.1, 0.15) is 12.1 Å². The van der Waals surface area contributed by atoms with Gasteiger partial charge in [-0.2, -0.15) is 0 Å². The Balaban J connectivity index is 2.69. The van der Waals surface area contributed by atoms with Gasteiger partial charge in [0.25, 0.3) is 5.91 Å². The molecule has 0 saturated heterocycles. The van der Waals surface area contributed by atoms with Crippen LogP contribution in [-0.4, -0.2) is 50.1 Å². The fourth-order valence-electron chi connectivity index (χ4n) is 2.25. The van der Waals surface area contributed by atoms with Crippen LogP contribution in [-0.2, 0) is 23.9 Å². The maximum absolute atomic E-state index is 12.2. The number of methoxy groups -OCH3 is 2. The van der Waals surface area contributed by atoms with Gasteiger partial charge in [0, 0.05) is 12.5 Å². The number of carbonyl (C=O) groups excluding carboxylic acids is 4. The van der Waals surface area contributed by atoms with E-state index in [0.29, 0.717) is 5.56 Å². The largest absolute Gasteiger partial charge is 0.467 e. The van der Waals surface area contributed by atoms with Gasteiger partial charge in [0.05, 0.1) is 14.2 Å². The Kier molecular flexibility index (Phi) is 9.28. The summed E-state index contributed by atoms with van der Waals surface area (Å²) in [5, 5.41) is 5.09. The average molecular weight is 376 g/mol. The third kappa shape index (κ3) is 7.72. The van der Waals surface area contributed by atoms with Gasteiger partial charge in [-0.15, -0.1) is 0 Å². The summed E-state index contributed by atoms with van der Waals surface area (Å²) in [6, 6.07) is 6.79. The Morgan fingerprint density at radius 1 is 0.889 bits per heavy atom. The minimum absolute atomic E-state index is 0.166. The molecule has 0 aliphatic heterocycles. The monoisotopic (exact) mass is 376 g/mol. The first-order valence-electron chi connectivity index (χ1n) is 8.32. The van der Waals surface area contributed by atoms with Gasteiger partial charge < -0.3 is 20.1 Å². The molecular weight excluding hydrogens is 352 g/mol. The molecule has 1 rings (SSSR count). The molecule has 0 aliphatic carbocycles. The topological polar surface area (TPSA) is 111 Å². The lowest BCUT2D eigenvalue weighted by atomic mass is 10.1. The van der Waals surface area contributed by atoms with Crippen LogP contribution in [0, 0.1) is 0 Å². The first-order chi connectivity index (χ1) is 12.9. The smallest absolute Gasteiger partial charge is 0.328 e. The molecule has 0 heterocycles. The Morgan fingerprint density at radius 2 is 1.37 bits per heavy atom. The molecule has 0 aliphatic rings. The molecule has 27 heavy (non-hydrogen) atoms. The van der Waals surface area contributed by atoms with Crippen molar-refractivity contribution in [1.29, 1.82) is 0 Å². The number of carbonyl (C=O) groups is 4. The highest BCUT2D eigenvalue weighted by Gasteiger charge is 2.21. The van der Waals surface area contributed by atoms with E-state index in [1.165, 1.54) is 21.1 Å². The quantitative estimate of drug-likeness (QED) is 0.491. The van der Waals surface area contributed by atoms with Crippen molar-refractivity contribution >= 4 is 23.8 Å². The molecule has 0 bridgehead atoms. The predicted molar refractivity (Wildman–Crippen MR) is 97.7 cm³/mol. The lowest BCUT2D eigenvalue weighted by Crippen LogP contribution is -2.41. The van der Waals surface area contributed by atoms with Crippen molar-refractivity contribution < 1.29 is 28.7 Å². The molecule has 0 saturated carbocycles. The van der Waals surface area contributed by atoms with Crippen LogP contribution in [0.25, 0.3) is 0 Å². The minimum Gasteiger partial charge on any atom is -0.467 e. The SMILES string of the molecule is COC(=O)[C@H](C/C=C/C[C@H](NC(=O)c1ccccc1)C(=O)OC)NC(C)=O. The summed E-state index contributed by atoms with van der Waals surface area (Å²) in [6.07, 6.45) is 3.61. The van der Waals surface area contributed by atoms with Crippen molar-refractivity contribution in [3.8, 4) is 0 Å². The summed E-state index contributed by atoms with van der Waals surface area (Å²) in [7, 11) is 2.46. The lowest BCUT2D eigenvalue weighted by Gasteiger charge is -2.15. The molecule has 0 unspecified atom stereocenters. The second-order valence-corrected chi connectivity index (χ2v) is 5.63. The van der Waals surface area contributed by atoms with Crippen LogP contribution in [0.3, 0.4) is 0 Å². The highest BCUT2D eigenvalue weighted by Crippen LogP contribution is 2.04. The molecule has 0 radical (unpaired) electrons. The number of hydrogen-bond donors (Lipinski definition) is 2. The number of amides is 2. The molecule has 2 amide bonds. The van der Waals surface area contributed by atoms with Crippen molar-refractivity contribution in [1.82, 2.24) is 10.6 Å². The highest BCUT2D eigenvalue weighted by atomic mass is 16.5. The first kappa shape index (κ1) is 21.9. The maximum Gasteiger partial charge on any atom is 0.328 e. The van der Waals surface area contributed by atoms with E-state index in [9.17, 15) is 19.2 Å². The van der Waals surface area contributed by atoms with Crippen LogP contribution in [0.2, 0.25) is 0 Å². The summed E-state index contributed by atoms with van der Waals surface area (Å²) >= 11 is 0. The van der Waals surface area contributed by atoms with E-state index >= 15 is 0 Å². The zero-order chi connectivity index (χ0) is 20.2. The van der Waals surface area contributed by atoms with Crippen LogP contribution < -0.4 is 10.6 Å². The van der Waals surface area contributed by atoms with Crippen molar-refractivity contribution in [2.45, 2.75) is 31.8 Å². The summed E-state index contributed by atoms with van der Waals surface area (Å²) in [6.45, 7) is 1.30. The summed E-state index contributed by atoms with van der Waals surface area (Å²) < 4.78 is 9.35. The van der Waals surface area contributed by atoms with E-state index in [1.54, 1.807) is 42.5 Å². The van der Waals surface area contributed by atoms with Gasteiger partial charge >= 0.3 is 11.9 Å². The van der Waals surface area contributed by atoms with Gasteiger partial charge in [-0.25, -0.2) is 9.59 Å². The van der Waals surface area contributed by atoms with Crippen molar-refractivity contribution in [2.75, 3.05) is 14.2 Å². The molecule has 0 spiro atoms. The van der Waals surface area contributed by atoms with E-state index in [2.05, 4.69) is 15.4 Å². The summed E-state index contributed by atoms with van der Waals surface area (Å²) in [5.41, 5.74) is 0.423. The molecule has 8 nitrogen and oxygen atoms in total. The molecule has 2 N–H and O–H groups in total. The maximum atomic E-state index is 12.2. The molecule has 2 atom stereocenters. The van der Waals surface area contributed by atoms with Gasteiger partial charge in [-0.3, -0.25) is 9.59 Å². The Morgan fingerprint density at radius 3 is 1.81 bits per heavy atom. The van der Waals surface area contributed by atoms with Crippen molar-refractivity contribution in [3.63, 3.8) is 0 Å². The molecule has 1 aromatic rings. The van der Waals surface area contributed by atoms with E-state index in [-0.39, 0.29) is 18.7 Å². The van der Waals surface area contributed by atoms with E-state index in [4.69, 9.17) is 4.74 Å². The minimum atomic E-state index is -0.878. The molecule has 0 aromatic heterocycles. The highest BCUT2D eigenvalue weighted by molar-refractivity contribution is 5.96. The van der Waals surface area contributed by atoms with Gasteiger partial charge in [0.15, 0.2) is 0 Å². The third-order valence-electron chi connectivity index (χ3n) is 3.60. The number of ether oxygens (including phenoxy) is 2. The fourth-order valence-corrected chi connectivity index (χ4v) is 2.25. The standard InChI is InChI=1S/C19H24N2O6/c1-13(22)20-15(18(24)26-2)11-7-8-12-16(19(25)27-3)21-17(23)14-9-5-4-6-10-14/h4-10,15-16H,11-12H2,1-3H3,(H,20,22)(H,21,23)/b8-7+/t15-,16-/m0/s1. The zero-order valence-electron chi connectivity index (χ0n) is 15.6. The molecule has 8 heteroatoms. The molecule has 146 valence electrons. The Bertz CT molecular complexity index is 687. The second kappa shape index (κ2) is 11.5. The number of nitrogens with one attached hydrogen (secondary N) is 2. The van der Waals surface area contributed by atoms with E-state index < -0.39 is 29.9 Å². The lowest BCUT2D eigenvalue weighted by molar-refractivity contribution is -0.144. The molecule has 0 fully saturated rings. The number of esters is 2. The number of benzene rings is 1. The predicted octanol–water partition coefficient (Wildman–Crippen LogP) is 0.972. The Hall–Kier alpha value is -3.16. The van der Waals surface area contributed by atoms with Crippen LogP contribution in [0.15, 0.2) is 42.5 Å². The van der Waals surface area contributed by atoms with Crippen molar-refractivity contribution in [3.05, 3.63) is 48.0 Å². The van der Waals surface area contributed by atoms with Crippen LogP contribution >= 0.6 is 0 Å². The van der Waals surface area contributed by atoms with E-state index in [1.807, 2.05) is 0 Å². The van der Waals surface area contributed by atoms with Crippen LogP contribution in [0.1, 0.15) is 30.1 Å². The van der Waals surface area contributed by atoms with Crippen LogP contribution in [0.4, 0.5) is 0 Å². The second-order valence-electron chi connectivity index (χ2n) is 5.63. The van der Waals surface area contributed by atoms with Gasteiger partial charge in [-0.05, 0) is 25.0 Å². The van der Waals surface area contributed by atoms with Gasteiger partial charge in [0.2, 0.25) is 5.91 Å². The summed E-state index contributed by atoms with van der Waals surface area (Å²) in [5.74, 6) is -1.92. The first-order valence-corrected chi connectivity index (χ1v) is 8.32. The van der Waals surface area contributed by atoms with E-state index in [0.717, 1.165) is 0 Å². The molecule has 1 aromatic carbocycles. The third-order valence-corrected chi connectivity index (χ3v) is 3.60. The average Bonchev–Trinajstić information content (AvgIpc) is 2.68. The van der Waals surface area contributed by atoms with Crippen LogP contribution in [0.5, 0.6) is 0 Å². The fraction of sp³-hybridized carbons (Fsp3) is 0.368. The normalized spacial score (nSPS) is 12.7.